The van der Waals surface area contributed by atoms with Gasteiger partial charge in [0.25, 0.3) is 0 Å². The van der Waals surface area contributed by atoms with Crippen molar-refractivity contribution in [3.05, 3.63) is 29.6 Å². The van der Waals surface area contributed by atoms with Crippen LogP contribution in [0.5, 0.6) is 0 Å². The van der Waals surface area contributed by atoms with E-state index in [0.29, 0.717) is 0 Å². The van der Waals surface area contributed by atoms with Crippen molar-refractivity contribution in [2.24, 2.45) is 7.05 Å². The van der Waals surface area contributed by atoms with Crippen LogP contribution in [0.4, 0.5) is 5.69 Å². The Morgan fingerprint density at radius 2 is 2.00 bits per heavy atom. The van der Waals surface area contributed by atoms with Gasteiger partial charge in [0, 0.05) is 17.6 Å². The monoisotopic (exact) mass is 234 g/mol. The van der Waals surface area contributed by atoms with Gasteiger partial charge in [0.1, 0.15) is 5.82 Å². The highest BCUT2D eigenvalue weighted by Crippen LogP contribution is 2.32. The Kier molecular flexibility index (Phi) is 2.87. The van der Waals surface area contributed by atoms with E-state index >= 15 is 0 Å². The number of hydrogen-bond donors (Lipinski definition) is 1. The molecule has 4 nitrogen and oxygen atoms in total. The van der Waals surface area contributed by atoms with Crippen LogP contribution in [0.2, 0.25) is 0 Å². The van der Waals surface area contributed by atoms with E-state index in [2.05, 4.69) is 10.2 Å². The Labute approximate surface area is 98.9 Å². The quantitative estimate of drug-likeness (QED) is 0.809. The summed E-state index contributed by atoms with van der Waals surface area (Å²) in [5, 5.41) is 8.97. The molecule has 84 valence electrons. The van der Waals surface area contributed by atoms with E-state index in [1.165, 1.54) is 0 Å². The average molecular weight is 234 g/mol. The number of rotatable bonds is 2. The zero-order valence-corrected chi connectivity index (χ0v) is 10.4. The zero-order chi connectivity index (χ0) is 11.7. The smallest absolute Gasteiger partial charge is 0.195 e. The van der Waals surface area contributed by atoms with Crippen LogP contribution in [0.3, 0.4) is 0 Å². The Hall–Kier alpha value is -1.49. The second-order valence-corrected chi connectivity index (χ2v) is 4.69. The standard InChI is InChI=1S/C11H14N4S/c1-7-5-4-6-9(10(7)12)16-11-14-13-8(2)15(11)3/h4-6H,12H2,1-3H3. The Balaban J connectivity index is 2.34. The summed E-state index contributed by atoms with van der Waals surface area (Å²) in [5.74, 6) is 0.897. The summed E-state index contributed by atoms with van der Waals surface area (Å²) in [7, 11) is 1.95. The highest BCUT2D eigenvalue weighted by atomic mass is 32.2. The molecule has 2 rings (SSSR count). The van der Waals surface area contributed by atoms with Gasteiger partial charge in [-0.05, 0) is 37.2 Å². The minimum absolute atomic E-state index is 0.813. The van der Waals surface area contributed by atoms with Gasteiger partial charge in [0.15, 0.2) is 5.16 Å². The summed E-state index contributed by atoms with van der Waals surface area (Å²) in [6.45, 7) is 3.93. The Bertz CT molecular complexity index is 519. The van der Waals surface area contributed by atoms with E-state index in [0.717, 1.165) is 27.1 Å². The van der Waals surface area contributed by atoms with Gasteiger partial charge in [0.2, 0.25) is 0 Å². The number of aromatic nitrogens is 3. The third-order valence-electron chi connectivity index (χ3n) is 2.54. The predicted molar refractivity (Wildman–Crippen MR) is 65.5 cm³/mol. The third-order valence-corrected chi connectivity index (χ3v) is 3.65. The first-order chi connectivity index (χ1) is 7.59. The maximum atomic E-state index is 6.01. The largest absolute Gasteiger partial charge is 0.398 e. The third kappa shape index (κ3) is 1.90. The molecule has 16 heavy (non-hydrogen) atoms. The molecule has 2 aromatic rings. The molecule has 0 unspecified atom stereocenters. The number of para-hydroxylation sites is 1. The fraction of sp³-hybridized carbons (Fsp3) is 0.273. The summed E-state index contributed by atoms with van der Waals surface area (Å²) < 4.78 is 1.95. The van der Waals surface area contributed by atoms with Crippen molar-refractivity contribution >= 4 is 17.4 Å². The molecule has 5 heteroatoms. The van der Waals surface area contributed by atoms with Gasteiger partial charge < -0.3 is 10.3 Å². The number of aryl methyl sites for hydroxylation is 2. The lowest BCUT2D eigenvalue weighted by Gasteiger charge is -2.06. The van der Waals surface area contributed by atoms with Gasteiger partial charge in [-0.15, -0.1) is 10.2 Å². The molecule has 1 heterocycles. The van der Waals surface area contributed by atoms with Crippen molar-refractivity contribution < 1.29 is 0 Å². The van der Waals surface area contributed by atoms with Crippen LogP contribution in [0, 0.1) is 13.8 Å². The molecule has 1 aromatic heterocycles. The lowest BCUT2D eigenvalue weighted by Crippen LogP contribution is -1.96. The van der Waals surface area contributed by atoms with Crippen LogP contribution in [-0.2, 0) is 7.05 Å². The molecule has 0 saturated carbocycles. The van der Waals surface area contributed by atoms with E-state index in [-0.39, 0.29) is 0 Å². The van der Waals surface area contributed by atoms with Crippen molar-refractivity contribution in [1.29, 1.82) is 0 Å². The molecule has 0 radical (unpaired) electrons. The van der Waals surface area contributed by atoms with Crippen molar-refractivity contribution in [1.82, 2.24) is 14.8 Å². The first-order valence-corrected chi connectivity index (χ1v) is 5.80. The Morgan fingerprint density at radius 1 is 1.25 bits per heavy atom. The minimum Gasteiger partial charge on any atom is -0.398 e. The van der Waals surface area contributed by atoms with Gasteiger partial charge in [-0.3, -0.25) is 0 Å². The minimum atomic E-state index is 0.813. The van der Waals surface area contributed by atoms with Gasteiger partial charge in [-0.1, -0.05) is 12.1 Å². The van der Waals surface area contributed by atoms with Crippen molar-refractivity contribution in [2.45, 2.75) is 23.9 Å². The molecular formula is C11H14N4S. The number of nitrogens with two attached hydrogens (primary N) is 1. The predicted octanol–water partition coefficient (Wildman–Crippen LogP) is 2.17. The summed E-state index contributed by atoms with van der Waals surface area (Å²) in [5.41, 5.74) is 7.91. The van der Waals surface area contributed by atoms with Crippen molar-refractivity contribution in [3.8, 4) is 0 Å². The van der Waals surface area contributed by atoms with Crippen molar-refractivity contribution in [3.63, 3.8) is 0 Å². The number of anilines is 1. The first-order valence-electron chi connectivity index (χ1n) is 4.98. The molecule has 0 spiro atoms. The fourth-order valence-corrected chi connectivity index (χ4v) is 2.28. The van der Waals surface area contributed by atoms with Crippen LogP contribution < -0.4 is 5.73 Å². The van der Waals surface area contributed by atoms with Gasteiger partial charge in [0.05, 0.1) is 0 Å². The van der Waals surface area contributed by atoms with Crippen LogP contribution in [0.15, 0.2) is 28.3 Å². The Morgan fingerprint density at radius 3 is 2.62 bits per heavy atom. The SMILES string of the molecule is Cc1cccc(Sc2nnc(C)n2C)c1N. The first kappa shape index (κ1) is 11.0. The average Bonchev–Trinajstić information content (AvgIpc) is 2.57. The summed E-state index contributed by atoms with van der Waals surface area (Å²) >= 11 is 1.54. The topological polar surface area (TPSA) is 56.7 Å². The molecule has 0 aliphatic heterocycles. The second-order valence-electron chi connectivity index (χ2n) is 3.68. The highest BCUT2D eigenvalue weighted by Gasteiger charge is 2.09. The van der Waals surface area contributed by atoms with E-state index in [1.54, 1.807) is 11.8 Å². The summed E-state index contributed by atoms with van der Waals surface area (Å²) in [4.78, 5) is 1.02. The van der Waals surface area contributed by atoms with Gasteiger partial charge in [-0.2, -0.15) is 0 Å². The van der Waals surface area contributed by atoms with E-state index in [9.17, 15) is 0 Å². The normalized spacial score (nSPS) is 10.7. The maximum Gasteiger partial charge on any atom is 0.195 e. The molecule has 0 aliphatic rings. The second kappa shape index (κ2) is 4.17. The summed E-state index contributed by atoms with van der Waals surface area (Å²) in [6.07, 6.45) is 0. The lowest BCUT2D eigenvalue weighted by molar-refractivity contribution is 0.766. The van der Waals surface area contributed by atoms with Crippen LogP contribution in [0.25, 0.3) is 0 Å². The molecule has 0 saturated heterocycles. The molecule has 2 N–H and O–H groups in total. The van der Waals surface area contributed by atoms with Gasteiger partial charge >= 0.3 is 0 Å². The van der Waals surface area contributed by atoms with Crippen LogP contribution in [0.1, 0.15) is 11.4 Å². The van der Waals surface area contributed by atoms with E-state index in [4.69, 9.17) is 5.73 Å². The highest BCUT2D eigenvalue weighted by molar-refractivity contribution is 7.99. The molecule has 1 aromatic carbocycles. The van der Waals surface area contributed by atoms with E-state index in [1.807, 2.05) is 43.7 Å². The fourth-order valence-electron chi connectivity index (χ4n) is 1.32. The van der Waals surface area contributed by atoms with E-state index < -0.39 is 0 Å². The van der Waals surface area contributed by atoms with Gasteiger partial charge in [-0.25, -0.2) is 0 Å². The molecular weight excluding hydrogens is 220 g/mol. The molecule has 0 atom stereocenters. The lowest BCUT2D eigenvalue weighted by atomic mass is 10.2. The molecule has 0 aliphatic carbocycles. The zero-order valence-electron chi connectivity index (χ0n) is 9.56. The van der Waals surface area contributed by atoms with Crippen LogP contribution in [-0.4, -0.2) is 14.8 Å². The molecule has 0 bridgehead atoms. The number of nitrogen functional groups attached to an aromatic ring is 1. The number of benzene rings is 1. The summed E-state index contributed by atoms with van der Waals surface area (Å²) in [6, 6.07) is 6.00. The number of nitrogens with zero attached hydrogens (tertiary/aromatic N) is 3. The van der Waals surface area contributed by atoms with Crippen LogP contribution >= 0.6 is 11.8 Å². The molecule has 0 amide bonds. The maximum absolute atomic E-state index is 6.01. The number of hydrogen-bond acceptors (Lipinski definition) is 4. The van der Waals surface area contributed by atoms with Crippen molar-refractivity contribution in [2.75, 3.05) is 5.73 Å². The molecule has 0 fully saturated rings.